The number of para-hydroxylation sites is 1. The van der Waals surface area contributed by atoms with E-state index in [-0.39, 0.29) is 18.7 Å². The summed E-state index contributed by atoms with van der Waals surface area (Å²) in [5.74, 6) is 2.22. The summed E-state index contributed by atoms with van der Waals surface area (Å²) in [6, 6.07) is 21.8. The first-order chi connectivity index (χ1) is 18.6. The minimum atomic E-state index is -0.259. The van der Waals surface area contributed by atoms with Gasteiger partial charge in [-0.2, -0.15) is 0 Å². The molecule has 7 heteroatoms. The minimum absolute atomic E-state index is 0.0386. The summed E-state index contributed by atoms with van der Waals surface area (Å²) >= 11 is 0. The number of hydrogen-bond acceptors (Lipinski definition) is 5. The third-order valence-electron chi connectivity index (χ3n) is 7.14. The molecule has 0 fully saturated rings. The van der Waals surface area contributed by atoms with Crippen LogP contribution in [0.3, 0.4) is 0 Å². The second-order valence-electron chi connectivity index (χ2n) is 9.91. The van der Waals surface area contributed by atoms with Crippen LogP contribution in [0.25, 0.3) is 17.0 Å². The minimum Gasteiger partial charge on any atom is -0.492 e. The van der Waals surface area contributed by atoms with Gasteiger partial charge in [0, 0.05) is 35.8 Å². The lowest BCUT2D eigenvalue weighted by molar-refractivity contribution is -0.128. The van der Waals surface area contributed by atoms with E-state index in [4.69, 9.17) is 14.2 Å². The van der Waals surface area contributed by atoms with Crippen molar-refractivity contribution in [3.05, 3.63) is 95.2 Å². The molecular weight excluding hydrogens is 478 g/mol. The molecule has 2 aliphatic heterocycles. The lowest BCUT2D eigenvalue weighted by atomic mass is 9.92. The van der Waals surface area contributed by atoms with Crippen LogP contribution in [0.15, 0.2) is 72.8 Å². The number of nitrogens with zero attached hydrogens (tertiary/aromatic N) is 2. The summed E-state index contributed by atoms with van der Waals surface area (Å²) in [4.78, 5) is 21.3. The maximum atomic E-state index is 13.6. The molecule has 1 unspecified atom stereocenters. The molecule has 0 saturated heterocycles. The Kier molecular flexibility index (Phi) is 6.52. The number of aromatic amines is 1. The van der Waals surface area contributed by atoms with Gasteiger partial charge in [-0.25, -0.2) is 0 Å². The molecule has 3 aromatic carbocycles. The summed E-state index contributed by atoms with van der Waals surface area (Å²) in [6.45, 7) is 2.32. The Hall–Kier alpha value is -4.23. The molecule has 0 aliphatic carbocycles. The van der Waals surface area contributed by atoms with Crippen LogP contribution in [0.2, 0.25) is 0 Å². The first kappa shape index (κ1) is 24.1. The molecule has 7 nitrogen and oxygen atoms in total. The molecule has 0 radical (unpaired) electrons. The fourth-order valence-electron chi connectivity index (χ4n) is 5.19. The van der Waals surface area contributed by atoms with Crippen LogP contribution in [-0.4, -0.2) is 61.3 Å². The zero-order valence-corrected chi connectivity index (χ0v) is 21.6. The number of likely N-dealkylation sites (N-methyl/N-ethyl adjacent to an activating group) is 1. The van der Waals surface area contributed by atoms with Crippen molar-refractivity contribution in [2.24, 2.45) is 0 Å². The van der Waals surface area contributed by atoms with Crippen molar-refractivity contribution in [2.75, 3.05) is 40.6 Å². The average molecular weight is 510 g/mol. The lowest BCUT2D eigenvalue weighted by Gasteiger charge is -2.35. The van der Waals surface area contributed by atoms with Gasteiger partial charge in [0.15, 0.2) is 11.5 Å². The molecule has 2 aliphatic rings. The molecule has 1 N–H and O–H groups in total. The molecule has 6 rings (SSSR count). The maximum Gasteiger partial charge on any atom is 0.247 e. The van der Waals surface area contributed by atoms with Gasteiger partial charge in [0.25, 0.3) is 0 Å². The molecule has 1 aromatic heterocycles. The number of ether oxygens (including phenoxy) is 3. The summed E-state index contributed by atoms with van der Waals surface area (Å²) in [5.41, 5.74) is 5.34. The van der Waals surface area contributed by atoms with E-state index in [9.17, 15) is 4.79 Å². The zero-order chi connectivity index (χ0) is 26.1. The van der Waals surface area contributed by atoms with Crippen molar-refractivity contribution in [2.45, 2.75) is 12.5 Å². The van der Waals surface area contributed by atoms with Gasteiger partial charge in [0.2, 0.25) is 12.7 Å². The topological polar surface area (TPSA) is 67.0 Å². The molecule has 1 amide bonds. The average Bonchev–Trinajstić information content (AvgIpc) is 3.55. The third-order valence-corrected chi connectivity index (χ3v) is 7.14. The number of nitrogens with one attached hydrogen (secondary N) is 1. The monoisotopic (exact) mass is 509 g/mol. The summed E-state index contributed by atoms with van der Waals surface area (Å²) in [7, 11) is 4.04. The smallest absolute Gasteiger partial charge is 0.247 e. The fraction of sp³-hybridized carbons (Fsp3) is 0.258. The number of carbonyl (C=O) groups is 1. The molecule has 1 atom stereocenters. The Labute approximate surface area is 222 Å². The largest absolute Gasteiger partial charge is 0.492 e. The van der Waals surface area contributed by atoms with E-state index in [2.05, 4.69) is 28.1 Å². The van der Waals surface area contributed by atoms with E-state index in [1.54, 1.807) is 6.08 Å². The van der Waals surface area contributed by atoms with Crippen molar-refractivity contribution in [1.29, 1.82) is 0 Å². The Morgan fingerprint density at radius 2 is 1.89 bits per heavy atom. The van der Waals surface area contributed by atoms with Gasteiger partial charge in [-0.15, -0.1) is 0 Å². The number of H-pyrrole nitrogens is 1. The Morgan fingerprint density at radius 1 is 1.08 bits per heavy atom. The molecule has 0 spiro atoms. The summed E-state index contributed by atoms with van der Waals surface area (Å²) < 4.78 is 17.0. The fourth-order valence-corrected chi connectivity index (χ4v) is 5.19. The standard InChI is InChI=1S/C31H31N3O4/c1-33(2)17-18-36-23-11-7-21(8-12-23)9-14-29(35)34-16-15-25-24-5-3-4-6-26(24)32-30(25)31(34)22-10-13-27-28(19-22)38-20-37-27/h3-14,19,31-32H,15-18,20H2,1-2H3. The van der Waals surface area contributed by atoms with E-state index >= 15 is 0 Å². The van der Waals surface area contributed by atoms with Gasteiger partial charge in [-0.05, 0) is 73.6 Å². The van der Waals surface area contributed by atoms with Gasteiger partial charge in [-0.1, -0.05) is 36.4 Å². The van der Waals surface area contributed by atoms with E-state index < -0.39 is 0 Å². The SMILES string of the molecule is CN(C)CCOc1ccc(C=CC(=O)N2CCc3c([nH]c4ccccc34)C2c2ccc3c(c2)OCO3)cc1. The highest BCUT2D eigenvalue weighted by Gasteiger charge is 2.34. The van der Waals surface area contributed by atoms with Gasteiger partial charge >= 0.3 is 0 Å². The predicted octanol–water partition coefficient (Wildman–Crippen LogP) is 5.02. The lowest BCUT2D eigenvalue weighted by Crippen LogP contribution is -2.39. The van der Waals surface area contributed by atoms with Crippen LogP contribution in [0.4, 0.5) is 0 Å². The van der Waals surface area contributed by atoms with Crippen LogP contribution in [-0.2, 0) is 11.2 Å². The number of hydrogen-bond donors (Lipinski definition) is 1. The first-order valence-corrected chi connectivity index (χ1v) is 12.9. The molecular formula is C31H31N3O4. The van der Waals surface area contributed by atoms with Gasteiger partial charge < -0.3 is 29.0 Å². The van der Waals surface area contributed by atoms with E-state index in [0.29, 0.717) is 18.9 Å². The zero-order valence-electron chi connectivity index (χ0n) is 21.6. The number of amides is 1. The van der Waals surface area contributed by atoms with Gasteiger partial charge in [0.1, 0.15) is 12.4 Å². The Bertz CT molecular complexity index is 1490. The maximum absolute atomic E-state index is 13.6. The Morgan fingerprint density at radius 3 is 2.74 bits per heavy atom. The molecule has 0 saturated carbocycles. The molecule has 4 aromatic rings. The van der Waals surface area contributed by atoms with Gasteiger partial charge in [0.05, 0.1) is 6.04 Å². The first-order valence-electron chi connectivity index (χ1n) is 12.9. The number of rotatable bonds is 7. The van der Waals surface area contributed by atoms with Crippen molar-refractivity contribution in [1.82, 2.24) is 14.8 Å². The van der Waals surface area contributed by atoms with Crippen LogP contribution in [0.5, 0.6) is 17.2 Å². The van der Waals surface area contributed by atoms with E-state index in [1.165, 1.54) is 10.9 Å². The summed E-state index contributed by atoms with van der Waals surface area (Å²) in [6.07, 6.45) is 4.32. The van der Waals surface area contributed by atoms with Crippen molar-refractivity contribution in [3.63, 3.8) is 0 Å². The van der Waals surface area contributed by atoms with E-state index in [0.717, 1.165) is 46.8 Å². The van der Waals surface area contributed by atoms with Crippen molar-refractivity contribution in [3.8, 4) is 17.2 Å². The Balaban J connectivity index is 1.27. The molecule has 194 valence electrons. The predicted molar refractivity (Wildman–Crippen MR) is 148 cm³/mol. The van der Waals surface area contributed by atoms with E-state index in [1.807, 2.05) is 73.6 Å². The quantitative estimate of drug-likeness (QED) is 0.354. The van der Waals surface area contributed by atoms with Crippen molar-refractivity contribution < 1.29 is 19.0 Å². The van der Waals surface area contributed by atoms with Crippen LogP contribution in [0.1, 0.15) is 28.4 Å². The van der Waals surface area contributed by atoms with Gasteiger partial charge in [-0.3, -0.25) is 4.79 Å². The van der Waals surface area contributed by atoms with Crippen LogP contribution < -0.4 is 14.2 Å². The van der Waals surface area contributed by atoms with Crippen molar-refractivity contribution >= 4 is 22.9 Å². The number of benzene rings is 3. The normalized spacial score (nSPS) is 16.4. The second-order valence-corrected chi connectivity index (χ2v) is 9.91. The summed E-state index contributed by atoms with van der Waals surface area (Å²) in [5, 5.41) is 1.21. The van der Waals surface area contributed by atoms with Crippen LogP contribution in [0, 0.1) is 0 Å². The second kappa shape index (κ2) is 10.3. The third kappa shape index (κ3) is 4.73. The number of carbonyl (C=O) groups excluding carboxylic acids is 1. The highest BCUT2D eigenvalue weighted by Crippen LogP contribution is 2.42. The number of fused-ring (bicyclic) bond motifs is 4. The molecule has 3 heterocycles. The highest BCUT2D eigenvalue weighted by atomic mass is 16.7. The number of aromatic nitrogens is 1. The molecule has 38 heavy (non-hydrogen) atoms. The molecule has 0 bridgehead atoms. The highest BCUT2D eigenvalue weighted by molar-refractivity contribution is 5.93. The van der Waals surface area contributed by atoms with Crippen LogP contribution >= 0.6 is 0 Å².